The van der Waals surface area contributed by atoms with E-state index in [9.17, 15) is 0 Å². The quantitative estimate of drug-likeness (QED) is 0.639. The molecule has 5 nitrogen and oxygen atoms in total. The fraction of sp³-hybridized carbons (Fsp3) is 0.533. The second kappa shape index (κ2) is 6.72. The predicted octanol–water partition coefficient (Wildman–Crippen LogP) is 2.13. The van der Waals surface area contributed by atoms with Gasteiger partial charge in [-0.1, -0.05) is 19.1 Å². The lowest BCUT2D eigenvalue weighted by Crippen LogP contribution is -2.28. The van der Waals surface area contributed by atoms with E-state index in [0.29, 0.717) is 32.1 Å². The minimum Gasteiger partial charge on any atom is -0.370 e. The average molecular weight is 277 g/mol. The molecule has 1 aliphatic rings. The molecule has 0 saturated carbocycles. The van der Waals surface area contributed by atoms with Gasteiger partial charge < -0.3 is 20.5 Å². The van der Waals surface area contributed by atoms with Crippen LogP contribution in [-0.4, -0.2) is 31.5 Å². The summed E-state index contributed by atoms with van der Waals surface area (Å²) in [6.07, 6.45) is 1.70. The van der Waals surface area contributed by atoms with Crippen molar-refractivity contribution in [1.29, 1.82) is 0 Å². The Labute approximate surface area is 120 Å². The van der Waals surface area contributed by atoms with E-state index < -0.39 is 5.79 Å². The van der Waals surface area contributed by atoms with Gasteiger partial charge in [0.2, 0.25) is 0 Å². The van der Waals surface area contributed by atoms with Crippen LogP contribution in [0.25, 0.3) is 0 Å². The number of guanidine groups is 1. The molecular formula is C15H23N3O2. The summed E-state index contributed by atoms with van der Waals surface area (Å²) in [5.74, 6) is -0.0915. The first kappa shape index (κ1) is 14.8. The van der Waals surface area contributed by atoms with Crippen molar-refractivity contribution in [3.63, 3.8) is 0 Å². The van der Waals surface area contributed by atoms with E-state index in [1.165, 1.54) is 5.56 Å². The van der Waals surface area contributed by atoms with Gasteiger partial charge >= 0.3 is 0 Å². The molecule has 0 spiro atoms. The highest BCUT2D eigenvalue weighted by atomic mass is 16.7. The molecule has 0 unspecified atom stereocenters. The zero-order chi connectivity index (χ0) is 14.4. The number of nitrogens with two attached hydrogens (primary N) is 1. The van der Waals surface area contributed by atoms with Crippen molar-refractivity contribution in [1.82, 2.24) is 0 Å². The van der Waals surface area contributed by atoms with Crippen LogP contribution in [-0.2, 0) is 15.9 Å². The maximum Gasteiger partial charge on any atom is 0.193 e. The number of nitrogens with one attached hydrogen (secondary N) is 1. The first-order chi connectivity index (χ1) is 9.61. The first-order valence-electron chi connectivity index (χ1n) is 7.05. The highest BCUT2D eigenvalue weighted by Crippen LogP contribution is 2.22. The number of hydrogen-bond donors (Lipinski definition) is 2. The van der Waals surface area contributed by atoms with Gasteiger partial charge in [0.25, 0.3) is 0 Å². The Bertz CT molecular complexity index is 468. The van der Waals surface area contributed by atoms with E-state index in [4.69, 9.17) is 15.2 Å². The lowest BCUT2D eigenvalue weighted by molar-refractivity contribution is -0.144. The van der Waals surface area contributed by atoms with Crippen LogP contribution in [0.3, 0.4) is 0 Å². The zero-order valence-electron chi connectivity index (χ0n) is 12.2. The molecule has 0 bridgehead atoms. The van der Waals surface area contributed by atoms with Gasteiger partial charge in [-0.25, -0.2) is 0 Å². The van der Waals surface area contributed by atoms with Crippen LogP contribution >= 0.6 is 0 Å². The number of anilines is 1. The second-order valence-corrected chi connectivity index (χ2v) is 5.03. The second-order valence-electron chi connectivity index (χ2n) is 5.03. The van der Waals surface area contributed by atoms with E-state index >= 15 is 0 Å². The molecule has 110 valence electrons. The molecule has 1 fully saturated rings. The molecule has 1 aromatic carbocycles. The molecule has 0 radical (unpaired) electrons. The standard InChI is InChI=1S/C15H23N3O2/c1-3-12-5-4-6-13(11-12)18-14(16)17-8-7-15(2)19-9-10-20-15/h4-6,11H,3,7-10H2,1-2H3,(H3,16,17,18). The Morgan fingerprint density at radius 3 is 2.85 bits per heavy atom. The molecule has 1 aromatic rings. The summed E-state index contributed by atoms with van der Waals surface area (Å²) in [6, 6.07) is 8.16. The molecule has 1 aliphatic heterocycles. The highest BCUT2D eigenvalue weighted by Gasteiger charge is 2.30. The Morgan fingerprint density at radius 2 is 2.15 bits per heavy atom. The number of aliphatic imine (C=N–C) groups is 1. The van der Waals surface area contributed by atoms with E-state index in [2.05, 4.69) is 29.4 Å². The number of ether oxygens (including phenoxy) is 2. The van der Waals surface area contributed by atoms with Crippen LogP contribution in [0.15, 0.2) is 29.3 Å². The fourth-order valence-corrected chi connectivity index (χ4v) is 2.14. The molecule has 20 heavy (non-hydrogen) atoms. The highest BCUT2D eigenvalue weighted by molar-refractivity contribution is 5.92. The number of hydrogen-bond acceptors (Lipinski definition) is 3. The van der Waals surface area contributed by atoms with Crippen LogP contribution in [0.5, 0.6) is 0 Å². The van der Waals surface area contributed by atoms with Gasteiger partial charge in [-0.3, -0.25) is 4.99 Å². The van der Waals surface area contributed by atoms with Crippen LogP contribution in [0, 0.1) is 0 Å². The van der Waals surface area contributed by atoms with Crippen molar-refractivity contribution in [2.75, 3.05) is 25.1 Å². The SMILES string of the molecule is CCc1cccc(NC(N)=NCCC2(C)OCCO2)c1. The summed E-state index contributed by atoms with van der Waals surface area (Å²) < 4.78 is 11.0. The summed E-state index contributed by atoms with van der Waals surface area (Å²) >= 11 is 0. The zero-order valence-corrected chi connectivity index (χ0v) is 12.2. The van der Waals surface area contributed by atoms with Gasteiger partial charge in [-0.15, -0.1) is 0 Å². The number of rotatable bonds is 5. The summed E-state index contributed by atoms with van der Waals surface area (Å²) in [5, 5.41) is 3.10. The minimum absolute atomic E-state index is 0.417. The normalized spacial score (nSPS) is 18.2. The summed E-state index contributed by atoms with van der Waals surface area (Å²) in [6.45, 7) is 5.93. The lowest BCUT2D eigenvalue weighted by Gasteiger charge is -2.20. The van der Waals surface area contributed by atoms with Crippen molar-refractivity contribution < 1.29 is 9.47 Å². The Kier molecular flexibility index (Phi) is 4.98. The van der Waals surface area contributed by atoms with Crippen molar-refractivity contribution in [3.8, 4) is 0 Å². The Balaban J connectivity index is 1.84. The molecule has 1 heterocycles. The number of aryl methyl sites for hydroxylation is 1. The maximum atomic E-state index is 5.88. The van der Waals surface area contributed by atoms with Gasteiger partial charge in [0, 0.05) is 18.7 Å². The molecule has 0 aromatic heterocycles. The third-order valence-corrected chi connectivity index (χ3v) is 3.35. The first-order valence-corrected chi connectivity index (χ1v) is 7.05. The summed E-state index contributed by atoms with van der Waals surface area (Å²) in [7, 11) is 0. The number of benzene rings is 1. The average Bonchev–Trinajstić information content (AvgIpc) is 2.86. The monoisotopic (exact) mass is 277 g/mol. The number of nitrogens with zero attached hydrogens (tertiary/aromatic N) is 1. The molecule has 2 rings (SSSR count). The summed E-state index contributed by atoms with van der Waals surface area (Å²) in [5.41, 5.74) is 8.11. The molecular weight excluding hydrogens is 254 g/mol. The van der Waals surface area contributed by atoms with E-state index in [1.807, 2.05) is 19.1 Å². The van der Waals surface area contributed by atoms with Gasteiger partial charge in [0.15, 0.2) is 11.7 Å². The van der Waals surface area contributed by atoms with Crippen molar-refractivity contribution >= 4 is 11.6 Å². The minimum atomic E-state index is -0.508. The van der Waals surface area contributed by atoms with E-state index in [0.717, 1.165) is 12.1 Å². The van der Waals surface area contributed by atoms with Crippen LogP contribution < -0.4 is 11.1 Å². The van der Waals surface area contributed by atoms with Crippen LogP contribution in [0.2, 0.25) is 0 Å². The van der Waals surface area contributed by atoms with Gasteiger partial charge in [-0.2, -0.15) is 0 Å². The summed E-state index contributed by atoms with van der Waals surface area (Å²) in [4.78, 5) is 4.31. The fourth-order valence-electron chi connectivity index (χ4n) is 2.14. The van der Waals surface area contributed by atoms with Crippen molar-refractivity contribution in [2.45, 2.75) is 32.5 Å². The third-order valence-electron chi connectivity index (χ3n) is 3.35. The van der Waals surface area contributed by atoms with Crippen LogP contribution in [0.1, 0.15) is 25.8 Å². The topological polar surface area (TPSA) is 68.9 Å². The van der Waals surface area contributed by atoms with Gasteiger partial charge in [0.1, 0.15) is 0 Å². The van der Waals surface area contributed by atoms with E-state index in [-0.39, 0.29) is 0 Å². The van der Waals surface area contributed by atoms with Crippen molar-refractivity contribution in [2.24, 2.45) is 10.7 Å². The molecule has 3 N–H and O–H groups in total. The van der Waals surface area contributed by atoms with Gasteiger partial charge in [0.05, 0.1) is 13.2 Å². The smallest absolute Gasteiger partial charge is 0.193 e. The van der Waals surface area contributed by atoms with Gasteiger partial charge in [-0.05, 0) is 31.0 Å². The molecule has 5 heteroatoms. The van der Waals surface area contributed by atoms with Crippen LogP contribution in [0.4, 0.5) is 5.69 Å². The molecule has 1 saturated heterocycles. The molecule has 0 aliphatic carbocycles. The van der Waals surface area contributed by atoms with Crippen molar-refractivity contribution in [3.05, 3.63) is 29.8 Å². The lowest BCUT2D eigenvalue weighted by atomic mass is 10.1. The largest absolute Gasteiger partial charge is 0.370 e. The third kappa shape index (κ3) is 4.21. The van der Waals surface area contributed by atoms with E-state index in [1.54, 1.807) is 0 Å². The Morgan fingerprint density at radius 1 is 1.40 bits per heavy atom. The molecule has 0 atom stereocenters. The molecule has 0 amide bonds. The maximum absolute atomic E-state index is 5.88. The predicted molar refractivity (Wildman–Crippen MR) is 80.9 cm³/mol. The Hall–Kier alpha value is -1.59.